The number of hydrogen-bond acceptors (Lipinski definition) is 5. The fourth-order valence-electron chi connectivity index (χ4n) is 4.61. The highest BCUT2D eigenvalue weighted by atomic mass is 31.2. The van der Waals surface area contributed by atoms with Crippen LogP contribution in [0.4, 0.5) is 0 Å². The fraction of sp³-hybridized carbons (Fsp3) is 0.611. The molecule has 6 unspecified atom stereocenters. The number of benzene rings is 1. The molecule has 4 fully saturated rings. The third-order valence-electron chi connectivity index (χ3n) is 5.73. The number of carbonyl (C=O) groups is 1. The number of hydrogen-bond donors (Lipinski definition) is 0. The van der Waals surface area contributed by atoms with E-state index in [4.69, 9.17) is 14.8 Å². The molecule has 8 nitrogen and oxygen atoms in total. The van der Waals surface area contributed by atoms with Gasteiger partial charge in [0.25, 0.3) is 0 Å². The third-order valence-corrected chi connectivity index (χ3v) is 8.46. The third kappa shape index (κ3) is 3.27. The lowest BCUT2D eigenvalue weighted by molar-refractivity contribution is -0.159. The molecule has 0 N–H and O–H groups in total. The summed E-state index contributed by atoms with van der Waals surface area (Å²) in [5.41, 5.74) is 8.26. The zero-order valence-electron chi connectivity index (χ0n) is 15.0. The monoisotopic (exact) mass is 390 g/mol. The van der Waals surface area contributed by atoms with Crippen LogP contribution in [0.3, 0.4) is 0 Å². The molecule has 0 spiro atoms. The maximum atomic E-state index is 13.7. The van der Waals surface area contributed by atoms with Crippen LogP contribution in [-0.2, 0) is 18.6 Å². The number of unbranched alkanes of at least 4 members (excludes halogenated alkanes) is 1. The highest BCUT2D eigenvalue weighted by Gasteiger charge is 2.63. The van der Waals surface area contributed by atoms with E-state index >= 15 is 0 Å². The first-order chi connectivity index (χ1) is 13.1. The van der Waals surface area contributed by atoms with Gasteiger partial charge in [-0.3, -0.25) is 9.36 Å². The van der Waals surface area contributed by atoms with Gasteiger partial charge in [0.15, 0.2) is 0 Å². The Hall–Kier alpha value is -1.85. The number of carbonyl (C=O) groups excluding carboxylic acids is 1. The lowest BCUT2D eigenvalue weighted by Crippen LogP contribution is -2.59. The summed E-state index contributed by atoms with van der Waals surface area (Å²) in [6, 6.07) is 9.45. The topological polar surface area (TPSA) is 105 Å². The number of piperidine rings is 1. The van der Waals surface area contributed by atoms with Gasteiger partial charge in [0.05, 0.1) is 23.9 Å². The minimum Gasteiger partial charge on any atom is -0.465 e. The molecule has 6 atom stereocenters. The van der Waals surface area contributed by atoms with Crippen LogP contribution in [0, 0.1) is 5.92 Å². The van der Waals surface area contributed by atoms with Gasteiger partial charge in [-0.1, -0.05) is 23.3 Å². The molecule has 27 heavy (non-hydrogen) atoms. The van der Waals surface area contributed by atoms with Crippen LogP contribution < -0.4 is 5.30 Å². The molecular formula is C18H23N4O4P. The van der Waals surface area contributed by atoms with Gasteiger partial charge in [-0.05, 0) is 49.8 Å². The van der Waals surface area contributed by atoms with E-state index in [1.807, 2.05) is 35.0 Å². The average Bonchev–Trinajstić information content (AvgIpc) is 3.03. The van der Waals surface area contributed by atoms with E-state index in [0.717, 1.165) is 19.3 Å². The van der Waals surface area contributed by atoms with Crippen molar-refractivity contribution in [2.45, 2.75) is 50.3 Å². The summed E-state index contributed by atoms with van der Waals surface area (Å²) in [6.45, 7) is 0.705. The molecule has 0 aliphatic carbocycles. The SMILES string of the molecule is [N-]=[N+]=NCCCCOC(=O)C1C2CC3CCC1N3P(=O)(c1ccccc1)O2. The van der Waals surface area contributed by atoms with Crippen LogP contribution in [0.25, 0.3) is 10.4 Å². The van der Waals surface area contributed by atoms with Crippen molar-refractivity contribution < 1.29 is 18.6 Å². The van der Waals surface area contributed by atoms with Crippen LogP contribution in [0.1, 0.15) is 32.1 Å². The van der Waals surface area contributed by atoms with E-state index in [2.05, 4.69) is 10.0 Å². The molecule has 0 amide bonds. The van der Waals surface area contributed by atoms with Crippen molar-refractivity contribution in [2.75, 3.05) is 13.2 Å². The van der Waals surface area contributed by atoms with Crippen molar-refractivity contribution in [3.05, 3.63) is 40.8 Å². The molecule has 0 radical (unpaired) electrons. The maximum absolute atomic E-state index is 13.7. The minimum absolute atomic E-state index is 0.0794. The summed E-state index contributed by atoms with van der Waals surface area (Å²) in [5, 5.41) is 4.17. The Morgan fingerprint density at radius 3 is 2.93 bits per heavy atom. The molecule has 4 bridgehead atoms. The molecule has 144 valence electrons. The van der Waals surface area contributed by atoms with Crippen LogP contribution in [0.15, 0.2) is 35.4 Å². The number of rotatable bonds is 7. The lowest BCUT2D eigenvalue weighted by Gasteiger charge is -2.52. The van der Waals surface area contributed by atoms with E-state index in [1.165, 1.54) is 0 Å². The first kappa shape index (κ1) is 18.5. The van der Waals surface area contributed by atoms with Gasteiger partial charge < -0.3 is 9.26 Å². The molecule has 1 aromatic rings. The maximum Gasteiger partial charge on any atom is 0.313 e. The fourth-order valence-corrected chi connectivity index (χ4v) is 7.53. The normalized spacial score (nSPS) is 36.2. The Balaban J connectivity index is 1.45. The van der Waals surface area contributed by atoms with Gasteiger partial charge in [0.2, 0.25) is 0 Å². The first-order valence-electron chi connectivity index (χ1n) is 9.45. The van der Waals surface area contributed by atoms with Gasteiger partial charge in [0.1, 0.15) is 0 Å². The molecule has 0 saturated carbocycles. The van der Waals surface area contributed by atoms with Crippen molar-refractivity contribution >= 4 is 18.8 Å². The number of nitrogens with zero attached hydrogens (tertiary/aromatic N) is 4. The molecular weight excluding hydrogens is 367 g/mol. The molecule has 4 aliphatic heterocycles. The Morgan fingerprint density at radius 1 is 1.33 bits per heavy atom. The average molecular weight is 390 g/mol. The van der Waals surface area contributed by atoms with Crippen LogP contribution >= 0.6 is 7.52 Å². The number of esters is 1. The smallest absolute Gasteiger partial charge is 0.313 e. The highest BCUT2D eigenvalue weighted by molar-refractivity contribution is 7.64. The lowest BCUT2D eigenvalue weighted by atomic mass is 9.89. The van der Waals surface area contributed by atoms with E-state index in [-0.39, 0.29) is 30.1 Å². The second kappa shape index (κ2) is 7.64. The molecule has 4 saturated heterocycles. The van der Waals surface area contributed by atoms with E-state index in [9.17, 15) is 9.36 Å². The van der Waals surface area contributed by atoms with Crippen LogP contribution in [0.2, 0.25) is 0 Å². The zero-order chi connectivity index (χ0) is 18.9. The zero-order valence-corrected chi connectivity index (χ0v) is 15.9. The van der Waals surface area contributed by atoms with Crippen molar-refractivity contribution in [3.8, 4) is 0 Å². The minimum atomic E-state index is -3.12. The van der Waals surface area contributed by atoms with Crippen molar-refractivity contribution in [2.24, 2.45) is 11.0 Å². The number of fused-ring (bicyclic) bond motifs is 1. The predicted octanol–water partition coefficient (Wildman–Crippen LogP) is 3.39. The Morgan fingerprint density at radius 2 is 2.15 bits per heavy atom. The first-order valence-corrected chi connectivity index (χ1v) is 11.0. The van der Waals surface area contributed by atoms with Gasteiger partial charge in [-0.15, -0.1) is 0 Å². The van der Waals surface area contributed by atoms with Gasteiger partial charge in [-0.25, -0.2) is 4.67 Å². The van der Waals surface area contributed by atoms with E-state index in [0.29, 0.717) is 31.3 Å². The molecule has 4 aliphatic rings. The summed E-state index contributed by atoms with van der Waals surface area (Å²) >= 11 is 0. The van der Waals surface area contributed by atoms with Crippen molar-refractivity contribution in [1.82, 2.24) is 4.67 Å². The standard InChI is InChI=1S/C18H23N4O4P/c19-21-20-10-4-5-11-25-18(23)17-15-9-8-13-12-16(17)26-27(24,22(13)15)14-6-2-1-3-7-14/h1-3,6-7,13,15-17H,4-5,8-12H2. The van der Waals surface area contributed by atoms with Crippen molar-refractivity contribution in [1.29, 1.82) is 0 Å². The molecule has 4 heterocycles. The highest BCUT2D eigenvalue weighted by Crippen LogP contribution is 2.66. The number of ether oxygens (including phenoxy) is 1. The quantitative estimate of drug-likeness (QED) is 0.177. The largest absolute Gasteiger partial charge is 0.465 e. The summed E-state index contributed by atoms with van der Waals surface area (Å²) < 4.78 is 27.2. The summed E-state index contributed by atoms with van der Waals surface area (Å²) in [7, 11) is -3.12. The second-order valence-corrected chi connectivity index (χ2v) is 9.50. The predicted molar refractivity (Wildman–Crippen MR) is 99.5 cm³/mol. The summed E-state index contributed by atoms with van der Waals surface area (Å²) in [6.07, 6.45) is 3.50. The summed E-state index contributed by atoms with van der Waals surface area (Å²) in [5.74, 6) is -0.648. The van der Waals surface area contributed by atoms with Gasteiger partial charge in [-0.2, -0.15) is 0 Å². The second-order valence-electron chi connectivity index (χ2n) is 7.27. The Labute approximate surface area is 158 Å². The molecule has 1 aromatic carbocycles. The molecule has 0 aromatic heterocycles. The van der Waals surface area contributed by atoms with E-state index in [1.54, 1.807) is 0 Å². The molecule has 5 rings (SSSR count). The Bertz CT molecular complexity index is 798. The molecule has 9 heteroatoms. The summed E-state index contributed by atoms with van der Waals surface area (Å²) in [4.78, 5) is 15.4. The Kier molecular flexibility index (Phi) is 5.24. The number of azide groups is 1. The van der Waals surface area contributed by atoms with Crippen molar-refractivity contribution in [3.63, 3.8) is 0 Å². The van der Waals surface area contributed by atoms with E-state index < -0.39 is 7.52 Å². The van der Waals surface area contributed by atoms with Crippen LogP contribution in [0.5, 0.6) is 0 Å². The van der Waals surface area contributed by atoms with Gasteiger partial charge in [0, 0.05) is 23.5 Å². The van der Waals surface area contributed by atoms with Gasteiger partial charge >= 0.3 is 13.5 Å². The van der Waals surface area contributed by atoms with Crippen LogP contribution in [-0.4, -0.2) is 42.0 Å².